The van der Waals surface area contributed by atoms with Gasteiger partial charge in [-0.15, -0.1) is 0 Å². The summed E-state index contributed by atoms with van der Waals surface area (Å²) >= 11 is 0. The summed E-state index contributed by atoms with van der Waals surface area (Å²) in [5.41, 5.74) is 0.278. The zero-order valence-corrected chi connectivity index (χ0v) is 17.4. The van der Waals surface area contributed by atoms with Crippen molar-refractivity contribution in [1.82, 2.24) is 0 Å². The summed E-state index contributed by atoms with van der Waals surface area (Å²) in [5.74, 6) is -2.24. The Morgan fingerprint density at radius 2 is 1.76 bits per heavy atom. The van der Waals surface area contributed by atoms with Gasteiger partial charge >= 0.3 is 0 Å². The maximum absolute atomic E-state index is 12.6. The van der Waals surface area contributed by atoms with Gasteiger partial charge in [-0.05, 0) is 35.9 Å². The Morgan fingerprint density at radius 3 is 2.39 bits per heavy atom. The molecule has 33 heavy (non-hydrogen) atoms. The fraction of sp³-hybridized carbons (Fsp3) is 0.318. The van der Waals surface area contributed by atoms with E-state index in [4.69, 9.17) is 14.2 Å². The third kappa shape index (κ3) is 5.02. The largest absolute Gasteiger partial charge is 0.504 e. The van der Waals surface area contributed by atoms with Crippen LogP contribution in [0.2, 0.25) is 0 Å². The van der Waals surface area contributed by atoms with Crippen molar-refractivity contribution in [3.05, 3.63) is 47.5 Å². The number of aliphatic hydroxyl groups is 4. The van der Waals surface area contributed by atoms with Crippen LogP contribution in [0.3, 0.4) is 0 Å². The summed E-state index contributed by atoms with van der Waals surface area (Å²) in [6.07, 6.45) is -5.12. The highest BCUT2D eigenvalue weighted by Gasteiger charge is 2.45. The fourth-order valence-electron chi connectivity index (χ4n) is 3.24. The van der Waals surface area contributed by atoms with Crippen molar-refractivity contribution in [2.24, 2.45) is 0 Å². The molecule has 3 rings (SSSR count). The monoisotopic (exact) mass is 464 g/mol. The van der Waals surface area contributed by atoms with Gasteiger partial charge in [0.15, 0.2) is 28.8 Å². The lowest BCUT2D eigenvalue weighted by molar-refractivity contribution is -0.277. The van der Waals surface area contributed by atoms with E-state index in [-0.39, 0.29) is 28.6 Å². The Balaban J connectivity index is 1.82. The van der Waals surface area contributed by atoms with Crippen molar-refractivity contribution in [3.8, 4) is 28.7 Å². The summed E-state index contributed by atoms with van der Waals surface area (Å²) in [5, 5.41) is 68.6. The lowest BCUT2D eigenvalue weighted by Crippen LogP contribution is -2.60. The first-order chi connectivity index (χ1) is 15.7. The van der Waals surface area contributed by atoms with Crippen LogP contribution in [-0.2, 0) is 4.74 Å². The van der Waals surface area contributed by atoms with Gasteiger partial charge in [0.1, 0.15) is 24.4 Å². The summed E-state index contributed by atoms with van der Waals surface area (Å²) < 4.78 is 15.9. The molecule has 1 aliphatic heterocycles. The van der Waals surface area contributed by atoms with Gasteiger partial charge in [-0.2, -0.15) is 0 Å². The van der Waals surface area contributed by atoms with Crippen LogP contribution in [0.15, 0.2) is 36.4 Å². The average Bonchev–Trinajstić information content (AvgIpc) is 2.80. The molecule has 5 atom stereocenters. The molecule has 0 spiro atoms. The van der Waals surface area contributed by atoms with Gasteiger partial charge in [0.2, 0.25) is 12.0 Å². The van der Waals surface area contributed by atoms with E-state index in [1.165, 1.54) is 43.5 Å². The average molecular weight is 464 g/mol. The van der Waals surface area contributed by atoms with Crippen molar-refractivity contribution in [3.63, 3.8) is 0 Å². The number of aromatic hydroxyl groups is 3. The van der Waals surface area contributed by atoms with Gasteiger partial charge in [0.05, 0.1) is 19.3 Å². The second kappa shape index (κ2) is 10.1. The first-order valence-corrected chi connectivity index (χ1v) is 9.79. The Morgan fingerprint density at radius 1 is 1.03 bits per heavy atom. The molecule has 0 bridgehead atoms. The highest BCUT2D eigenvalue weighted by Crippen LogP contribution is 2.41. The summed E-state index contributed by atoms with van der Waals surface area (Å²) in [7, 11) is 1.21. The minimum Gasteiger partial charge on any atom is -0.504 e. The highest BCUT2D eigenvalue weighted by molar-refractivity contribution is 6.09. The van der Waals surface area contributed by atoms with Crippen molar-refractivity contribution < 1.29 is 54.8 Å². The topological polar surface area (TPSA) is 186 Å². The predicted molar refractivity (Wildman–Crippen MR) is 112 cm³/mol. The maximum Gasteiger partial charge on any atom is 0.229 e. The van der Waals surface area contributed by atoms with Crippen LogP contribution in [0, 0.1) is 0 Å². The number of rotatable bonds is 7. The number of phenolic OH excluding ortho intramolecular Hbond substituents is 3. The second-order valence-electron chi connectivity index (χ2n) is 7.25. The number of methoxy groups -OCH3 is 1. The molecule has 0 radical (unpaired) electrons. The molecule has 178 valence electrons. The number of hydrogen-bond donors (Lipinski definition) is 7. The molecule has 0 unspecified atom stereocenters. The molecule has 0 aliphatic carbocycles. The molecule has 2 aromatic carbocycles. The number of carbonyl (C=O) groups excluding carboxylic acids is 1. The Kier molecular flexibility index (Phi) is 7.41. The first kappa shape index (κ1) is 24.3. The Labute approximate surface area is 188 Å². The van der Waals surface area contributed by atoms with E-state index in [1.54, 1.807) is 0 Å². The molecule has 1 saturated heterocycles. The zero-order chi connectivity index (χ0) is 24.3. The summed E-state index contributed by atoms with van der Waals surface area (Å²) in [4.78, 5) is 12.6. The van der Waals surface area contributed by atoms with Gasteiger partial charge in [0, 0.05) is 0 Å². The van der Waals surface area contributed by atoms with Crippen LogP contribution in [0.1, 0.15) is 15.9 Å². The van der Waals surface area contributed by atoms with Gasteiger partial charge < -0.3 is 50.0 Å². The minimum absolute atomic E-state index is 0.136. The van der Waals surface area contributed by atoms with Crippen LogP contribution in [0.25, 0.3) is 6.08 Å². The number of phenols is 3. The lowest BCUT2D eigenvalue weighted by Gasteiger charge is -2.39. The minimum atomic E-state index is -1.68. The Hall–Kier alpha value is -3.35. The molecular weight excluding hydrogens is 440 g/mol. The number of ether oxygens (including phenoxy) is 3. The van der Waals surface area contributed by atoms with E-state index < -0.39 is 48.8 Å². The number of hydrogen-bond acceptors (Lipinski definition) is 11. The van der Waals surface area contributed by atoms with E-state index in [0.717, 1.165) is 6.08 Å². The van der Waals surface area contributed by atoms with Gasteiger partial charge in [0.25, 0.3) is 0 Å². The van der Waals surface area contributed by atoms with Crippen molar-refractivity contribution >= 4 is 11.9 Å². The van der Waals surface area contributed by atoms with E-state index in [9.17, 15) is 40.5 Å². The van der Waals surface area contributed by atoms with Crippen LogP contribution >= 0.6 is 0 Å². The van der Waals surface area contributed by atoms with Gasteiger partial charge in [-0.3, -0.25) is 4.79 Å². The number of allylic oxidation sites excluding steroid dienone is 1. The molecule has 7 N–H and O–H groups in total. The Bertz CT molecular complexity index is 1030. The molecule has 0 saturated carbocycles. The molecule has 0 amide bonds. The van der Waals surface area contributed by atoms with Crippen molar-refractivity contribution in [2.45, 2.75) is 30.7 Å². The summed E-state index contributed by atoms with van der Waals surface area (Å²) in [6, 6.07) is 6.48. The number of carbonyl (C=O) groups is 1. The van der Waals surface area contributed by atoms with E-state index in [1.807, 2.05) is 0 Å². The zero-order valence-electron chi connectivity index (χ0n) is 17.4. The molecule has 11 heteroatoms. The van der Waals surface area contributed by atoms with E-state index in [2.05, 4.69) is 0 Å². The maximum atomic E-state index is 12.6. The van der Waals surface area contributed by atoms with Crippen LogP contribution < -0.4 is 9.47 Å². The highest BCUT2D eigenvalue weighted by atomic mass is 16.7. The van der Waals surface area contributed by atoms with E-state index in [0.29, 0.717) is 5.56 Å². The number of aliphatic hydroxyl groups excluding tert-OH is 4. The SMILES string of the molecule is COc1c(O[C@@H]2O[C@H](CO)[C@@H](O)[C@H](O)[C@H]2O)ccc(C(=O)C=Cc2ccc(O)c(O)c2)c1O. The molecule has 2 aromatic rings. The first-order valence-electron chi connectivity index (χ1n) is 9.79. The smallest absolute Gasteiger partial charge is 0.229 e. The second-order valence-corrected chi connectivity index (χ2v) is 7.25. The predicted octanol–water partition coefficient (Wildman–Crippen LogP) is -0.113. The van der Waals surface area contributed by atoms with Crippen molar-refractivity contribution in [2.75, 3.05) is 13.7 Å². The molecule has 1 aliphatic rings. The lowest BCUT2D eigenvalue weighted by atomic mass is 9.99. The quantitative estimate of drug-likeness (QED) is 0.165. The standard InChI is InChI=1S/C22H24O11/c1-31-21-15(32-22-20(30)19(29)18(28)16(9-23)33-22)7-4-11(17(21)27)12(24)5-2-10-3-6-13(25)14(26)8-10/h2-8,16,18-20,22-23,25-30H,9H2,1H3/t16-,18-,19+,20-,22-/m1/s1. The van der Waals surface area contributed by atoms with E-state index >= 15 is 0 Å². The number of ketones is 1. The third-order valence-corrected chi connectivity index (χ3v) is 5.08. The third-order valence-electron chi connectivity index (χ3n) is 5.08. The fourth-order valence-corrected chi connectivity index (χ4v) is 3.24. The molecule has 1 heterocycles. The van der Waals surface area contributed by atoms with Crippen LogP contribution in [0.5, 0.6) is 28.7 Å². The van der Waals surface area contributed by atoms with Crippen LogP contribution in [0.4, 0.5) is 0 Å². The van der Waals surface area contributed by atoms with Gasteiger partial charge in [-0.1, -0.05) is 12.1 Å². The summed E-state index contributed by atoms with van der Waals surface area (Å²) in [6.45, 7) is -0.647. The van der Waals surface area contributed by atoms with Gasteiger partial charge in [-0.25, -0.2) is 0 Å². The molecule has 0 aromatic heterocycles. The number of benzene rings is 2. The molecule has 11 nitrogen and oxygen atoms in total. The van der Waals surface area contributed by atoms with Crippen LogP contribution in [-0.4, -0.2) is 86.0 Å². The normalized spacial score (nSPS) is 25.2. The molecular formula is C22H24O11. The molecule has 1 fully saturated rings. The van der Waals surface area contributed by atoms with Crippen molar-refractivity contribution in [1.29, 1.82) is 0 Å².